The molecule has 1 N–H and O–H groups in total. The van der Waals surface area contributed by atoms with Crippen molar-refractivity contribution in [2.24, 2.45) is 0 Å². The second kappa shape index (κ2) is 9.55. The van der Waals surface area contributed by atoms with E-state index >= 15 is 0 Å². The maximum absolute atomic E-state index is 12.7. The molecule has 0 aliphatic rings. The summed E-state index contributed by atoms with van der Waals surface area (Å²) in [6.45, 7) is 2.11. The third-order valence-corrected chi connectivity index (χ3v) is 4.67. The molecule has 0 fully saturated rings. The zero-order valence-corrected chi connectivity index (χ0v) is 15.5. The minimum absolute atomic E-state index is 0.00977. The van der Waals surface area contributed by atoms with Gasteiger partial charge in [0.25, 0.3) is 0 Å². The van der Waals surface area contributed by atoms with E-state index in [1.807, 2.05) is 54.6 Å². The molecule has 3 heteroatoms. The lowest BCUT2D eigenvalue weighted by molar-refractivity contribution is -0.116. The second-order valence-electron chi connectivity index (χ2n) is 5.81. The van der Waals surface area contributed by atoms with Crippen molar-refractivity contribution in [2.45, 2.75) is 38.7 Å². The number of hydrogen-bond acceptors (Lipinski definition) is 2. The molecule has 2 rings (SSSR count). The molecule has 0 unspecified atom stereocenters. The minimum atomic E-state index is -0.935. The van der Waals surface area contributed by atoms with Crippen LogP contribution in [-0.2, 0) is 4.79 Å². The van der Waals surface area contributed by atoms with Crippen molar-refractivity contribution in [3.63, 3.8) is 0 Å². The van der Waals surface area contributed by atoms with E-state index in [1.165, 1.54) is 0 Å². The molecule has 0 aliphatic carbocycles. The Balaban J connectivity index is 2.33. The fourth-order valence-electron chi connectivity index (χ4n) is 2.59. The largest absolute Gasteiger partial charge is 0.383 e. The molecule has 1 atom stereocenters. The van der Waals surface area contributed by atoms with E-state index in [-0.39, 0.29) is 5.78 Å². The maximum atomic E-state index is 12.7. The van der Waals surface area contributed by atoms with Gasteiger partial charge in [0, 0.05) is 16.5 Å². The van der Waals surface area contributed by atoms with Gasteiger partial charge in [-0.1, -0.05) is 84.2 Å². The number of carbonyl (C=O) groups excluding carboxylic acids is 1. The summed E-state index contributed by atoms with van der Waals surface area (Å²) in [5, 5.41) is 10.8. The molecule has 0 aliphatic heterocycles. The van der Waals surface area contributed by atoms with Crippen molar-refractivity contribution >= 4 is 27.8 Å². The van der Waals surface area contributed by atoms with E-state index in [2.05, 4.69) is 22.9 Å². The summed E-state index contributed by atoms with van der Waals surface area (Å²) in [5.41, 5.74) is 2.08. The molecular formula is C21H23BrO2. The summed E-state index contributed by atoms with van der Waals surface area (Å²) in [6, 6.07) is 17.1. The number of unbranched alkanes of at least 4 members (excludes halogenated alkanes) is 2. The zero-order chi connectivity index (χ0) is 17.4. The van der Waals surface area contributed by atoms with Crippen molar-refractivity contribution in [2.75, 3.05) is 0 Å². The number of ketones is 1. The van der Waals surface area contributed by atoms with Crippen LogP contribution in [0.4, 0.5) is 0 Å². The van der Waals surface area contributed by atoms with Crippen molar-refractivity contribution < 1.29 is 9.90 Å². The molecule has 2 nitrogen and oxygen atoms in total. The fraction of sp³-hybridized carbons (Fsp3) is 0.286. The Hall–Kier alpha value is -1.71. The molecule has 126 valence electrons. The predicted molar refractivity (Wildman–Crippen MR) is 103 cm³/mol. The molecule has 0 heterocycles. The van der Waals surface area contributed by atoms with E-state index in [0.29, 0.717) is 17.6 Å². The van der Waals surface area contributed by atoms with E-state index in [9.17, 15) is 9.90 Å². The molecule has 0 saturated heterocycles. The van der Waals surface area contributed by atoms with Crippen LogP contribution in [0.5, 0.6) is 0 Å². The van der Waals surface area contributed by atoms with Crippen LogP contribution >= 0.6 is 15.9 Å². The van der Waals surface area contributed by atoms with Gasteiger partial charge in [0.15, 0.2) is 5.78 Å². The summed E-state index contributed by atoms with van der Waals surface area (Å²) < 4.78 is 0.804. The van der Waals surface area contributed by atoms with Gasteiger partial charge >= 0.3 is 0 Å². The molecule has 0 spiro atoms. The third-order valence-electron chi connectivity index (χ3n) is 3.95. The van der Waals surface area contributed by atoms with Gasteiger partial charge in [-0.3, -0.25) is 4.79 Å². The number of Topliss-reactive ketones (excluding diaryl/α,β-unsaturated/α-hetero) is 1. The first-order valence-electron chi connectivity index (χ1n) is 8.35. The van der Waals surface area contributed by atoms with Gasteiger partial charge in [-0.05, 0) is 29.7 Å². The highest BCUT2D eigenvalue weighted by Crippen LogP contribution is 2.31. The highest BCUT2D eigenvalue weighted by molar-refractivity contribution is 9.10. The third kappa shape index (κ3) is 5.15. The molecule has 0 aromatic heterocycles. The second-order valence-corrected chi connectivity index (χ2v) is 6.67. The Morgan fingerprint density at radius 1 is 1.08 bits per heavy atom. The van der Waals surface area contributed by atoms with Crippen molar-refractivity contribution in [1.29, 1.82) is 0 Å². The van der Waals surface area contributed by atoms with E-state index in [0.717, 1.165) is 29.3 Å². The molecule has 0 bridgehead atoms. The van der Waals surface area contributed by atoms with Gasteiger partial charge in [-0.15, -0.1) is 0 Å². The molecule has 0 saturated carbocycles. The predicted octanol–water partition coefficient (Wildman–Crippen LogP) is 5.72. The summed E-state index contributed by atoms with van der Waals surface area (Å²) in [6.07, 6.45) is 4.28. The zero-order valence-electron chi connectivity index (χ0n) is 13.9. The Morgan fingerprint density at radius 3 is 2.42 bits per heavy atom. The lowest BCUT2D eigenvalue weighted by Gasteiger charge is -2.16. The number of rotatable bonds is 8. The first kappa shape index (κ1) is 18.6. The first-order chi connectivity index (χ1) is 11.6. The van der Waals surface area contributed by atoms with Gasteiger partial charge in [0.2, 0.25) is 0 Å². The first-order valence-corrected chi connectivity index (χ1v) is 9.15. The molecule has 24 heavy (non-hydrogen) atoms. The lowest BCUT2D eigenvalue weighted by atomic mass is 9.93. The molecular weight excluding hydrogens is 364 g/mol. The van der Waals surface area contributed by atoms with Gasteiger partial charge < -0.3 is 5.11 Å². The van der Waals surface area contributed by atoms with Crippen molar-refractivity contribution in [1.82, 2.24) is 0 Å². The van der Waals surface area contributed by atoms with Crippen LogP contribution in [-0.4, -0.2) is 10.9 Å². The van der Waals surface area contributed by atoms with Crippen LogP contribution in [0.25, 0.3) is 6.08 Å². The van der Waals surface area contributed by atoms with Crippen LogP contribution in [0.15, 0.2) is 64.6 Å². The normalized spacial score (nSPS) is 12.9. The molecule has 0 radical (unpaired) electrons. The van der Waals surface area contributed by atoms with E-state index in [4.69, 9.17) is 0 Å². The molecule has 0 amide bonds. The van der Waals surface area contributed by atoms with Gasteiger partial charge in [0.05, 0.1) is 0 Å². The minimum Gasteiger partial charge on any atom is -0.383 e. The monoisotopic (exact) mass is 386 g/mol. The van der Waals surface area contributed by atoms with Crippen LogP contribution in [0.1, 0.15) is 49.8 Å². The maximum Gasteiger partial charge on any atom is 0.161 e. The van der Waals surface area contributed by atoms with Crippen molar-refractivity contribution in [3.05, 3.63) is 75.8 Å². The average molecular weight is 387 g/mol. The Morgan fingerprint density at radius 2 is 1.75 bits per heavy atom. The van der Waals surface area contributed by atoms with Gasteiger partial charge in [-0.2, -0.15) is 0 Å². The summed E-state index contributed by atoms with van der Waals surface area (Å²) in [7, 11) is 0. The van der Waals surface area contributed by atoms with Crippen LogP contribution in [0, 0.1) is 0 Å². The van der Waals surface area contributed by atoms with Gasteiger partial charge in [0.1, 0.15) is 6.10 Å². The number of carbonyl (C=O) groups is 1. The smallest absolute Gasteiger partial charge is 0.161 e. The summed E-state index contributed by atoms with van der Waals surface area (Å²) in [4.78, 5) is 12.7. The average Bonchev–Trinajstić information content (AvgIpc) is 2.60. The quantitative estimate of drug-likeness (QED) is 0.465. The van der Waals surface area contributed by atoms with E-state index in [1.54, 1.807) is 6.08 Å². The number of aliphatic hydroxyl groups excluding tert-OH is 1. The van der Waals surface area contributed by atoms with Crippen molar-refractivity contribution in [3.8, 4) is 0 Å². The summed E-state index contributed by atoms with van der Waals surface area (Å²) >= 11 is 3.47. The highest BCUT2D eigenvalue weighted by atomic mass is 79.9. The van der Waals surface area contributed by atoms with Crippen LogP contribution < -0.4 is 0 Å². The van der Waals surface area contributed by atoms with Gasteiger partial charge in [-0.25, -0.2) is 0 Å². The number of hydrogen-bond donors (Lipinski definition) is 1. The number of halogens is 1. The van der Waals surface area contributed by atoms with E-state index < -0.39 is 6.10 Å². The highest BCUT2D eigenvalue weighted by Gasteiger charge is 2.21. The standard InChI is InChI=1S/C21H23BrO2/c1-2-3-5-14-20(23)18(15-16-10-6-4-7-11-16)21(24)17-12-8-9-13-19(17)22/h4,6-13,15,21,24H,2-3,5,14H2,1H3/b18-15+/t21-/m0/s1. The Bertz CT molecular complexity index is 692. The number of benzene rings is 2. The lowest BCUT2D eigenvalue weighted by Crippen LogP contribution is -2.12. The summed E-state index contributed by atoms with van der Waals surface area (Å²) in [5.74, 6) is 0.00977. The van der Waals surface area contributed by atoms with Crippen LogP contribution in [0.2, 0.25) is 0 Å². The topological polar surface area (TPSA) is 37.3 Å². The Labute approximate surface area is 152 Å². The fourth-order valence-corrected chi connectivity index (χ4v) is 3.09. The number of aliphatic hydroxyl groups is 1. The molecule has 2 aromatic carbocycles. The molecule has 2 aromatic rings. The van der Waals surface area contributed by atoms with Crippen LogP contribution in [0.3, 0.4) is 0 Å². The Kier molecular flexibility index (Phi) is 7.41. The SMILES string of the molecule is CCCCCC(=O)/C(=C\c1ccccc1)[C@@H](O)c1ccccc1Br.